The van der Waals surface area contributed by atoms with Crippen molar-refractivity contribution < 1.29 is 9.47 Å². The van der Waals surface area contributed by atoms with Crippen LogP contribution in [-0.4, -0.2) is 33.0 Å². The molecule has 1 atom stereocenters. The fourth-order valence-electron chi connectivity index (χ4n) is 2.51. The minimum Gasteiger partial charge on any atom is -0.384 e. The Hall–Kier alpha value is -0.120. The van der Waals surface area contributed by atoms with Gasteiger partial charge in [-0.2, -0.15) is 0 Å². The molecule has 1 unspecified atom stereocenters. The van der Waals surface area contributed by atoms with Crippen LogP contribution >= 0.6 is 0 Å². The van der Waals surface area contributed by atoms with Gasteiger partial charge >= 0.3 is 0 Å². The molecule has 0 fully saturated rings. The molecule has 0 rings (SSSR count). The van der Waals surface area contributed by atoms with Crippen LogP contribution in [0, 0.1) is 16.2 Å². The quantitative estimate of drug-likeness (QED) is 0.699. The molecule has 0 radical (unpaired) electrons. The van der Waals surface area contributed by atoms with Crippen LogP contribution in [-0.2, 0) is 9.47 Å². The number of hydrogen-bond donors (Lipinski definition) is 1. The van der Waals surface area contributed by atoms with Crippen LogP contribution in [0.25, 0.3) is 0 Å². The summed E-state index contributed by atoms with van der Waals surface area (Å²) in [6, 6.07) is 0.139. The molecule has 0 aliphatic heterocycles. The minimum atomic E-state index is 0.0259. The zero-order valence-electron chi connectivity index (χ0n) is 14.3. The largest absolute Gasteiger partial charge is 0.384 e. The van der Waals surface area contributed by atoms with Gasteiger partial charge in [-0.25, -0.2) is 0 Å². The zero-order valence-corrected chi connectivity index (χ0v) is 14.3. The Kier molecular flexibility index (Phi) is 7.01. The molecular formula is C16H35NO2. The van der Waals surface area contributed by atoms with E-state index in [9.17, 15) is 0 Å². The Labute approximate surface area is 120 Å². The topological polar surface area (TPSA) is 44.5 Å². The molecule has 0 aliphatic rings. The van der Waals surface area contributed by atoms with Crippen molar-refractivity contribution >= 4 is 0 Å². The second kappa shape index (κ2) is 7.05. The Balaban J connectivity index is 4.25. The fourth-order valence-corrected chi connectivity index (χ4v) is 2.51. The van der Waals surface area contributed by atoms with Crippen molar-refractivity contribution in [2.45, 2.75) is 60.9 Å². The van der Waals surface area contributed by atoms with Crippen molar-refractivity contribution in [3.8, 4) is 0 Å². The standard InChI is InChI=1S/C16H35NO2/c1-13(17)16(6,7)12-19-11-15(4,5)9-14(2,3)10-18-8/h13H,9-12,17H2,1-8H3. The maximum Gasteiger partial charge on any atom is 0.0532 e. The van der Waals surface area contributed by atoms with Gasteiger partial charge in [0.2, 0.25) is 0 Å². The molecule has 0 saturated carbocycles. The van der Waals surface area contributed by atoms with E-state index in [0.29, 0.717) is 6.61 Å². The number of methoxy groups -OCH3 is 1. The molecule has 0 aromatic heterocycles. The van der Waals surface area contributed by atoms with Gasteiger partial charge in [0, 0.05) is 18.6 Å². The lowest BCUT2D eigenvalue weighted by atomic mass is 9.76. The van der Waals surface area contributed by atoms with Crippen LogP contribution in [0.1, 0.15) is 54.9 Å². The number of rotatable bonds is 9. The van der Waals surface area contributed by atoms with Crippen LogP contribution in [0.15, 0.2) is 0 Å². The van der Waals surface area contributed by atoms with Gasteiger partial charge in [-0.05, 0) is 24.2 Å². The van der Waals surface area contributed by atoms with E-state index >= 15 is 0 Å². The van der Waals surface area contributed by atoms with Gasteiger partial charge in [-0.3, -0.25) is 0 Å². The molecular weight excluding hydrogens is 238 g/mol. The van der Waals surface area contributed by atoms with Gasteiger partial charge < -0.3 is 15.2 Å². The normalized spacial score (nSPS) is 15.6. The van der Waals surface area contributed by atoms with Gasteiger partial charge in [-0.1, -0.05) is 41.5 Å². The second-order valence-corrected chi connectivity index (χ2v) is 8.21. The summed E-state index contributed by atoms with van der Waals surface area (Å²) in [4.78, 5) is 0. The summed E-state index contributed by atoms with van der Waals surface area (Å²) in [6.07, 6.45) is 1.08. The first kappa shape index (κ1) is 18.9. The van der Waals surface area contributed by atoms with E-state index in [-0.39, 0.29) is 22.3 Å². The number of ether oxygens (including phenoxy) is 2. The summed E-state index contributed by atoms with van der Waals surface area (Å²) < 4.78 is 11.2. The highest BCUT2D eigenvalue weighted by molar-refractivity contribution is 4.81. The summed E-state index contributed by atoms with van der Waals surface area (Å²) in [7, 11) is 1.76. The Bertz CT molecular complexity index is 257. The summed E-state index contributed by atoms with van der Waals surface area (Å²) in [5.41, 5.74) is 6.32. The Morgan fingerprint density at radius 2 is 1.37 bits per heavy atom. The summed E-state index contributed by atoms with van der Waals surface area (Å²) in [5, 5.41) is 0. The van der Waals surface area contributed by atoms with Crippen molar-refractivity contribution in [1.29, 1.82) is 0 Å². The van der Waals surface area contributed by atoms with Gasteiger partial charge in [-0.15, -0.1) is 0 Å². The van der Waals surface area contributed by atoms with Crippen LogP contribution in [0.2, 0.25) is 0 Å². The molecule has 0 amide bonds. The Morgan fingerprint density at radius 1 is 0.895 bits per heavy atom. The van der Waals surface area contributed by atoms with E-state index in [2.05, 4.69) is 41.5 Å². The lowest BCUT2D eigenvalue weighted by Gasteiger charge is -2.36. The molecule has 116 valence electrons. The summed E-state index contributed by atoms with van der Waals surface area (Å²) in [5.74, 6) is 0. The molecule has 3 nitrogen and oxygen atoms in total. The van der Waals surface area contributed by atoms with Crippen molar-refractivity contribution in [1.82, 2.24) is 0 Å². The summed E-state index contributed by atoms with van der Waals surface area (Å²) in [6.45, 7) is 17.6. The van der Waals surface area contributed by atoms with Crippen molar-refractivity contribution in [3.05, 3.63) is 0 Å². The molecule has 19 heavy (non-hydrogen) atoms. The first-order valence-corrected chi connectivity index (χ1v) is 7.24. The van der Waals surface area contributed by atoms with Gasteiger partial charge in [0.05, 0.1) is 19.8 Å². The van der Waals surface area contributed by atoms with E-state index in [1.54, 1.807) is 7.11 Å². The highest BCUT2D eigenvalue weighted by Gasteiger charge is 2.30. The molecule has 0 bridgehead atoms. The van der Waals surface area contributed by atoms with Crippen molar-refractivity contribution in [3.63, 3.8) is 0 Å². The first-order chi connectivity index (χ1) is 8.42. The lowest BCUT2D eigenvalue weighted by molar-refractivity contribution is -0.0162. The maximum absolute atomic E-state index is 5.96. The van der Waals surface area contributed by atoms with Crippen LogP contribution < -0.4 is 5.73 Å². The third-order valence-corrected chi connectivity index (χ3v) is 3.69. The predicted molar refractivity (Wildman–Crippen MR) is 82.3 cm³/mol. The fraction of sp³-hybridized carbons (Fsp3) is 1.00. The molecule has 2 N–H and O–H groups in total. The molecule has 0 heterocycles. The zero-order chi connectivity index (χ0) is 15.3. The third kappa shape index (κ3) is 7.91. The van der Waals surface area contributed by atoms with Crippen LogP contribution in [0.5, 0.6) is 0 Å². The van der Waals surface area contributed by atoms with Crippen molar-refractivity contribution in [2.75, 3.05) is 26.9 Å². The van der Waals surface area contributed by atoms with E-state index < -0.39 is 0 Å². The van der Waals surface area contributed by atoms with Gasteiger partial charge in [0.15, 0.2) is 0 Å². The predicted octanol–water partition coefficient (Wildman–Crippen LogP) is 3.47. The first-order valence-electron chi connectivity index (χ1n) is 7.24. The number of nitrogens with two attached hydrogens (primary N) is 1. The SMILES string of the molecule is COCC(C)(C)CC(C)(C)COCC(C)(C)C(C)N. The molecule has 0 aliphatic carbocycles. The average molecular weight is 273 g/mol. The highest BCUT2D eigenvalue weighted by atomic mass is 16.5. The van der Waals surface area contributed by atoms with E-state index in [1.165, 1.54) is 0 Å². The van der Waals surface area contributed by atoms with Gasteiger partial charge in [0.25, 0.3) is 0 Å². The van der Waals surface area contributed by atoms with E-state index in [4.69, 9.17) is 15.2 Å². The van der Waals surface area contributed by atoms with E-state index in [0.717, 1.165) is 19.6 Å². The average Bonchev–Trinajstić information content (AvgIpc) is 2.13. The van der Waals surface area contributed by atoms with Gasteiger partial charge in [0.1, 0.15) is 0 Å². The highest BCUT2D eigenvalue weighted by Crippen LogP contribution is 2.34. The van der Waals surface area contributed by atoms with Crippen molar-refractivity contribution in [2.24, 2.45) is 22.0 Å². The third-order valence-electron chi connectivity index (χ3n) is 3.69. The molecule has 0 spiro atoms. The lowest BCUT2D eigenvalue weighted by Crippen LogP contribution is -2.39. The smallest absolute Gasteiger partial charge is 0.0532 e. The Morgan fingerprint density at radius 3 is 1.79 bits per heavy atom. The molecule has 3 heteroatoms. The second-order valence-electron chi connectivity index (χ2n) is 8.21. The molecule has 0 saturated heterocycles. The monoisotopic (exact) mass is 273 g/mol. The molecule has 0 aromatic carbocycles. The van der Waals surface area contributed by atoms with E-state index in [1.807, 2.05) is 6.92 Å². The number of hydrogen-bond acceptors (Lipinski definition) is 3. The maximum atomic E-state index is 5.96. The minimum absolute atomic E-state index is 0.0259. The van der Waals surface area contributed by atoms with Crippen LogP contribution in [0.3, 0.4) is 0 Å². The summed E-state index contributed by atoms with van der Waals surface area (Å²) >= 11 is 0. The van der Waals surface area contributed by atoms with Crippen LogP contribution in [0.4, 0.5) is 0 Å². The molecule has 0 aromatic rings.